The number of carbonyl (C=O) groups is 1. The van der Waals surface area contributed by atoms with Crippen LogP contribution >= 0.6 is 31.9 Å². The first-order chi connectivity index (χ1) is 7.14. The van der Waals surface area contributed by atoms with Gasteiger partial charge < -0.3 is 0 Å². The molecule has 0 fully saturated rings. The average molecular weight is 328 g/mol. The molecule has 0 saturated heterocycles. The van der Waals surface area contributed by atoms with Gasteiger partial charge in [0.25, 0.3) is 0 Å². The zero-order valence-corrected chi connectivity index (χ0v) is 11.0. The Labute approximate surface area is 105 Å². The van der Waals surface area contributed by atoms with E-state index in [-0.39, 0.29) is 5.78 Å². The van der Waals surface area contributed by atoms with E-state index < -0.39 is 4.32 Å². The highest BCUT2D eigenvalue weighted by Gasteiger charge is 2.35. The minimum atomic E-state index is -0.720. The van der Waals surface area contributed by atoms with E-state index in [1.165, 1.54) is 0 Å². The van der Waals surface area contributed by atoms with Gasteiger partial charge in [-0.05, 0) is 17.7 Å². The predicted octanol–water partition coefficient (Wildman–Crippen LogP) is 3.73. The zero-order valence-electron chi connectivity index (χ0n) is 7.78. The normalized spacial score (nSPS) is 24.5. The third-order valence-corrected chi connectivity index (χ3v) is 4.08. The second-order valence-electron chi connectivity index (χ2n) is 3.27. The molecule has 0 spiro atoms. The Balaban J connectivity index is 2.55. The van der Waals surface area contributed by atoms with Crippen molar-refractivity contribution in [3.05, 3.63) is 58.6 Å². The van der Waals surface area contributed by atoms with Crippen LogP contribution in [0.4, 0.5) is 0 Å². The van der Waals surface area contributed by atoms with Crippen molar-refractivity contribution in [3.63, 3.8) is 0 Å². The lowest BCUT2D eigenvalue weighted by Gasteiger charge is -2.24. The highest BCUT2D eigenvalue weighted by molar-refractivity contribution is 9.11. The molecular weight excluding hydrogens is 320 g/mol. The van der Waals surface area contributed by atoms with Crippen LogP contribution in [0.15, 0.2) is 53.0 Å². The van der Waals surface area contributed by atoms with Crippen molar-refractivity contribution in [1.82, 2.24) is 0 Å². The molecule has 0 bridgehead atoms. The number of carbonyl (C=O) groups excluding carboxylic acids is 1. The summed E-state index contributed by atoms with van der Waals surface area (Å²) in [6.07, 6.45) is 7.05. The first-order valence-electron chi connectivity index (χ1n) is 4.49. The first-order valence-corrected chi connectivity index (χ1v) is 6.07. The van der Waals surface area contributed by atoms with Gasteiger partial charge in [0, 0.05) is 4.47 Å². The van der Waals surface area contributed by atoms with E-state index in [2.05, 4.69) is 31.9 Å². The molecule has 0 aliphatic heterocycles. The van der Waals surface area contributed by atoms with E-state index in [4.69, 9.17) is 0 Å². The van der Waals surface area contributed by atoms with E-state index in [0.717, 1.165) is 10.0 Å². The second kappa shape index (κ2) is 4.06. The lowest BCUT2D eigenvalue weighted by Crippen LogP contribution is -2.27. The zero-order chi connectivity index (χ0) is 10.9. The van der Waals surface area contributed by atoms with E-state index in [9.17, 15) is 4.79 Å². The smallest absolute Gasteiger partial charge is 0.180 e. The number of benzene rings is 1. The molecular formula is C12H8Br2O. The van der Waals surface area contributed by atoms with Gasteiger partial charge in [0.2, 0.25) is 0 Å². The molecule has 2 rings (SSSR count). The average Bonchev–Trinajstić information content (AvgIpc) is 2.23. The number of hydrogen-bond acceptors (Lipinski definition) is 1. The summed E-state index contributed by atoms with van der Waals surface area (Å²) in [7, 11) is 0. The third-order valence-electron chi connectivity index (χ3n) is 2.31. The van der Waals surface area contributed by atoms with Gasteiger partial charge in [0.15, 0.2) is 5.78 Å². The molecule has 0 saturated carbocycles. The Hall–Kier alpha value is -0.670. The van der Waals surface area contributed by atoms with Gasteiger partial charge in [-0.15, -0.1) is 0 Å². The third kappa shape index (κ3) is 1.86. The van der Waals surface area contributed by atoms with Crippen LogP contribution in [0.25, 0.3) is 0 Å². The monoisotopic (exact) mass is 326 g/mol. The topological polar surface area (TPSA) is 17.1 Å². The summed E-state index contributed by atoms with van der Waals surface area (Å²) in [4.78, 5) is 11.9. The van der Waals surface area contributed by atoms with Crippen molar-refractivity contribution in [2.75, 3.05) is 0 Å². The van der Waals surface area contributed by atoms with Gasteiger partial charge in [-0.3, -0.25) is 4.79 Å². The Morgan fingerprint density at radius 3 is 2.53 bits per heavy atom. The molecule has 1 atom stereocenters. The molecule has 15 heavy (non-hydrogen) atoms. The van der Waals surface area contributed by atoms with Crippen LogP contribution in [0.2, 0.25) is 0 Å². The van der Waals surface area contributed by atoms with Crippen LogP contribution in [0.1, 0.15) is 5.56 Å². The summed E-state index contributed by atoms with van der Waals surface area (Å²) in [5, 5.41) is 0. The second-order valence-corrected chi connectivity index (χ2v) is 5.38. The van der Waals surface area contributed by atoms with Crippen molar-refractivity contribution in [3.8, 4) is 0 Å². The molecule has 76 valence electrons. The summed E-state index contributed by atoms with van der Waals surface area (Å²) in [5.74, 6) is 0.0388. The Bertz CT molecular complexity index is 462. The molecule has 1 unspecified atom stereocenters. The summed E-state index contributed by atoms with van der Waals surface area (Å²) in [6.45, 7) is 0. The fourth-order valence-electron chi connectivity index (χ4n) is 1.51. The summed E-state index contributed by atoms with van der Waals surface area (Å²) in [5.41, 5.74) is 0.926. The number of rotatable bonds is 1. The van der Waals surface area contributed by atoms with Crippen LogP contribution in [0, 0.1) is 0 Å². The van der Waals surface area contributed by atoms with E-state index >= 15 is 0 Å². The fourth-order valence-corrected chi connectivity index (χ4v) is 3.01. The Morgan fingerprint density at radius 1 is 1.13 bits per heavy atom. The van der Waals surface area contributed by atoms with E-state index in [1.807, 2.05) is 36.4 Å². The number of allylic oxidation sites excluding steroid dienone is 4. The molecule has 3 heteroatoms. The lowest BCUT2D eigenvalue weighted by atomic mass is 9.91. The predicted molar refractivity (Wildman–Crippen MR) is 68.0 cm³/mol. The molecule has 1 nitrogen and oxygen atoms in total. The van der Waals surface area contributed by atoms with E-state index in [0.29, 0.717) is 0 Å². The van der Waals surface area contributed by atoms with Crippen molar-refractivity contribution in [2.24, 2.45) is 0 Å². The molecule has 1 aromatic rings. The molecule has 1 aliphatic rings. The standard InChI is InChI=1S/C12H8Br2O/c13-10-6-2-1-5-9(10)12(14)8-4-3-7-11(12)15/h1-8H. The number of halogens is 2. The SMILES string of the molecule is O=C1C=CC=CC1(Br)c1ccccc1Br. The highest BCUT2D eigenvalue weighted by atomic mass is 79.9. The molecule has 1 aliphatic carbocycles. The van der Waals surface area contributed by atoms with Crippen LogP contribution < -0.4 is 0 Å². The molecule has 0 heterocycles. The van der Waals surface area contributed by atoms with Crippen molar-refractivity contribution in [2.45, 2.75) is 4.32 Å². The van der Waals surface area contributed by atoms with Crippen LogP contribution in [-0.4, -0.2) is 5.78 Å². The minimum Gasteiger partial charge on any atom is -0.293 e. The van der Waals surface area contributed by atoms with Gasteiger partial charge in [0.05, 0.1) is 0 Å². The maximum Gasteiger partial charge on any atom is 0.180 e. The molecule has 0 radical (unpaired) electrons. The summed E-state index contributed by atoms with van der Waals surface area (Å²) in [6, 6.07) is 7.71. The number of ketones is 1. The maximum absolute atomic E-state index is 11.9. The van der Waals surface area contributed by atoms with Crippen molar-refractivity contribution in [1.29, 1.82) is 0 Å². The lowest BCUT2D eigenvalue weighted by molar-refractivity contribution is -0.115. The van der Waals surface area contributed by atoms with Crippen molar-refractivity contribution >= 4 is 37.6 Å². The van der Waals surface area contributed by atoms with Gasteiger partial charge >= 0.3 is 0 Å². The van der Waals surface area contributed by atoms with Gasteiger partial charge in [0.1, 0.15) is 4.32 Å². The molecule has 0 amide bonds. The van der Waals surface area contributed by atoms with Gasteiger partial charge in [-0.2, -0.15) is 0 Å². The number of hydrogen-bond donors (Lipinski definition) is 0. The first kappa shape index (κ1) is 10.8. The van der Waals surface area contributed by atoms with Gasteiger partial charge in [-0.25, -0.2) is 0 Å². The van der Waals surface area contributed by atoms with E-state index in [1.54, 1.807) is 12.2 Å². The molecule has 0 N–H and O–H groups in total. The minimum absolute atomic E-state index is 0.0388. The van der Waals surface area contributed by atoms with Crippen molar-refractivity contribution < 1.29 is 4.79 Å². The van der Waals surface area contributed by atoms with Crippen LogP contribution in [-0.2, 0) is 9.12 Å². The molecule has 0 aromatic heterocycles. The molecule has 1 aromatic carbocycles. The largest absolute Gasteiger partial charge is 0.293 e. The fraction of sp³-hybridized carbons (Fsp3) is 0.0833. The van der Waals surface area contributed by atoms with Crippen LogP contribution in [0.3, 0.4) is 0 Å². The maximum atomic E-state index is 11.9. The quantitative estimate of drug-likeness (QED) is 0.718. The summed E-state index contributed by atoms with van der Waals surface area (Å²) >= 11 is 6.96. The Kier molecular flexibility index (Phi) is 2.94. The number of alkyl halides is 1. The van der Waals surface area contributed by atoms with Crippen LogP contribution in [0.5, 0.6) is 0 Å². The van der Waals surface area contributed by atoms with Gasteiger partial charge in [-0.1, -0.05) is 68.3 Å². The summed E-state index contributed by atoms with van der Waals surface area (Å²) < 4.78 is 0.206. The highest BCUT2D eigenvalue weighted by Crippen LogP contribution is 2.39. The Morgan fingerprint density at radius 2 is 1.87 bits per heavy atom.